The van der Waals surface area contributed by atoms with Crippen molar-refractivity contribution in [2.24, 2.45) is 0 Å². The second-order valence-corrected chi connectivity index (χ2v) is 14.7. The molecule has 4 aromatic carbocycles. The van der Waals surface area contributed by atoms with E-state index in [-0.39, 0.29) is 38.6 Å². The first-order valence-corrected chi connectivity index (χ1v) is 16.9. The van der Waals surface area contributed by atoms with E-state index in [0.717, 1.165) is 22.0 Å². The molecule has 1 unspecified atom stereocenters. The van der Waals surface area contributed by atoms with Gasteiger partial charge in [-0.05, 0) is 68.8 Å². The molecule has 0 saturated carbocycles. The van der Waals surface area contributed by atoms with Gasteiger partial charge in [0.15, 0.2) is 0 Å². The van der Waals surface area contributed by atoms with Gasteiger partial charge in [0.05, 0.1) is 15.6 Å². The van der Waals surface area contributed by atoms with Crippen molar-refractivity contribution in [3.63, 3.8) is 0 Å². The maximum Gasteiger partial charge on any atom is 0.264 e. The van der Waals surface area contributed by atoms with Gasteiger partial charge in [0.2, 0.25) is 11.8 Å². The molecule has 1 atom stereocenters. The SMILES string of the molecule is CC(C)(C)NC(=O)C(Cc1ccccc1)N(Cc1c(Cl)cccc1Cl)C(=O)CN(c1ccc(F)c(Cl)c1)S(=O)(=O)c1ccccc1. The van der Waals surface area contributed by atoms with Gasteiger partial charge in [-0.1, -0.05) is 89.4 Å². The summed E-state index contributed by atoms with van der Waals surface area (Å²) < 4.78 is 43.1. The maximum absolute atomic E-state index is 14.5. The van der Waals surface area contributed by atoms with E-state index in [1.165, 1.54) is 23.1 Å². The minimum absolute atomic E-state index is 0.0434. The molecule has 12 heteroatoms. The minimum atomic E-state index is -4.38. The van der Waals surface area contributed by atoms with Crippen molar-refractivity contribution < 1.29 is 22.4 Å². The van der Waals surface area contributed by atoms with Crippen molar-refractivity contribution in [3.8, 4) is 0 Å². The number of anilines is 1. The fourth-order valence-corrected chi connectivity index (χ4v) is 6.87. The first-order chi connectivity index (χ1) is 21.7. The number of carbonyl (C=O) groups is 2. The van der Waals surface area contributed by atoms with Crippen molar-refractivity contribution in [2.75, 3.05) is 10.8 Å². The molecule has 0 bridgehead atoms. The predicted molar refractivity (Wildman–Crippen MR) is 181 cm³/mol. The van der Waals surface area contributed by atoms with Crippen molar-refractivity contribution in [3.05, 3.63) is 129 Å². The lowest BCUT2D eigenvalue weighted by Gasteiger charge is -2.35. The van der Waals surface area contributed by atoms with Gasteiger partial charge in [-0.2, -0.15) is 0 Å². The highest BCUT2D eigenvalue weighted by molar-refractivity contribution is 7.92. The molecule has 4 aromatic rings. The Balaban J connectivity index is 1.86. The highest BCUT2D eigenvalue weighted by Gasteiger charge is 2.36. The number of nitrogens with one attached hydrogen (secondary N) is 1. The van der Waals surface area contributed by atoms with Gasteiger partial charge in [-0.25, -0.2) is 12.8 Å². The minimum Gasteiger partial charge on any atom is -0.350 e. The van der Waals surface area contributed by atoms with Crippen LogP contribution in [-0.4, -0.2) is 43.3 Å². The second kappa shape index (κ2) is 14.9. The van der Waals surface area contributed by atoms with Crippen molar-refractivity contribution >= 4 is 62.3 Å². The van der Waals surface area contributed by atoms with Crippen LogP contribution >= 0.6 is 34.8 Å². The standard InChI is InChI=1S/C34H33Cl3FN3O4S/c1-34(2,3)39-33(43)31(19-23-11-6-4-7-12-23)40(21-26-27(35)15-10-16-28(26)36)32(42)22-41(24-17-18-30(38)29(37)20-24)46(44,45)25-13-8-5-9-14-25/h4-18,20,31H,19,21-22H2,1-3H3,(H,39,43). The van der Waals surface area contributed by atoms with Gasteiger partial charge >= 0.3 is 0 Å². The molecule has 0 saturated heterocycles. The monoisotopic (exact) mass is 703 g/mol. The molecule has 7 nitrogen and oxygen atoms in total. The van der Waals surface area contributed by atoms with Crippen LogP contribution < -0.4 is 9.62 Å². The molecule has 242 valence electrons. The average molecular weight is 705 g/mol. The zero-order chi connectivity index (χ0) is 33.6. The Hall–Kier alpha value is -3.63. The number of benzene rings is 4. The third-order valence-corrected chi connectivity index (χ3v) is 9.75. The number of hydrogen-bond acceptors (Lipinski definition) is 4. The largest absolute Gasteiger partial charge is 0.350 e. The van der Waals surface area contributed by atoms with Crippen LogP contribution in [0.5, 0.6) is 0 Å². The summed E-state index contributed by atoms with van der Waals surface area (Å²) in [4.78, 5) is 29.7. The average Bonchev–Trinajstić information content (AvgIpc) is 3.00. The lowest BCUT2D eigenvalue weighted by atomic mass is 10.0. The molecule has 0 aliphatic rings. The van der Waals surface area contributed by atoms with E-state index < -0.39 is 45.8 Å². The Bertz CT molecular complexity index is 1780. The molecule has 2 amide bonds. The van der Waals surface area contributed by atoms with E-state index in [4.69, 9.17) is 34.8 Å². The van der Waals surface area contributed by atoms with Crippen LogP contribution in [-0.2, 0) is 32.6 Å². The Labute approximate surface area is 283 Å². The Morgan fingerprint density at radius 1 is 0.826 bits per heavy atom. The Morgan fingerprint density at radius 2 is 1.41 bits per heavy atom. The number of nitrogens with zero attached hydrogens (tertiary/aromatic N) is 2. The number of amides is 2. The van der Waals surface area contributed by atoms with E-state index in [2.05, 4.69) is 5.32 Å². The lowest BCUT2D eigenvalue weighted by Crippen LogP contribution is -2.56. The van der Waals surface area contributed by atoms with E-state index in [1.807, 2.05) is 51.1 Å². The molecule has 0 aliphatic carbocycles. The van der Waals surface area contributed by atoms with Crippen molar-refractivity contribution in [1.29, 1.82) is 0 Å². The van der Waals surface area contributed by atoms with Gasteiger partial charge < -0.3 is 10.2 Å². The highest BCUT2D eigenvalue weighted by atomic mass is 35.5. The maximum atomic E-state index is 14.5. The zero-order valence-electron chi connectivity index (χ0n) is 25.4. The normalized spacial score (nSPS) is 12.3. The van der Waals surface area contributed by atoms with E-state index in [0.29, 0.717) is 5.56 Å². The molecule has 4 rings (SSSR count). The van der Waals surface area contributed by atoms with E-state index in [9.17, 15) is 22.4 Å². The van der Waals surface area contributed by atoms with Crippen LogP contribution in [0.4, 0.5) is 10.1 Å². The predicted octanol–water partition coefficient (Wildman–Crippen LogP) is 7.54. The molecule has 46 heavy (non-hydrogen) atoms. The van der Waals surface area contributed by atoms with Gasteiger partial charge in [0.1, 0.15) is 18.4 Å². The third-order valence-electron chi connectivity index (χ3n) is 6.96. The summed E-state index contributed by atoms with van der Waals surface area (Å²) in [5, 5.41) is 3.15. The van der Waals surface area contributed by atoms with Crippen LogP contribution in [0.3, 0.4) is 0 Å². The fourth-order valence-electron chi connectivity index (χ4n) is 4.75. The molecule has 0 aliphatic heterocycles. The molecular formula is C34H33Cl3FN3O4S. The Morgan fingerprint density at radius 3 is 1.98 bits per heavy atom. The first-order valence-electron chi connectivity index (χ1n) is 14.3. The van der Waals surface area contributed by atoms with Gasteiger partial charge in [-0.15, -0.1) is 0 Å². The molecular weight excluding hydrogens is 672 g/mol. The lowest BCUT2D eigenvalue weighted by molar-refractivity contribution is -0.140. The molecule has 0 radical (unpaired) electrons. The van der Waals surface area contributed by atoms with Crippen LogP contribution in [0.15, 0.2) is 102 Å². The quantitative estimate of drug-likeness (QED) is 0.175. The van der Waals surface area contributed by atoms with E-state index in [1.54, 1.807) is 36.4 Å². The van der Waals surface area contributed by atoms with Crippen molar-refractivity contribution in [1.82, 2.24) is 10.2 Å². The van der Waals surface area contributed by atoms with Crippen molar-refractivity contribution in [2.45, 2.75) is 50.2 Å². The third kappa shape index (κ3) is 8.79. The number of sulfonamides is 1. The number of rotatable bonds is 11. The summed E-state index contributed by atoms with van der Waals surface area (Å²) in [6, 6.07) is 23.8. The van der Waals surface area contributed by atoms with Gasteiger partial charge in [-0.3, -0.25) is 13.9 Å². The highest BCUT2D eigenvalue weighted by Crippen LogP contribution is 2.30. The Kier molecular flexibility index (Phi) is 11.4. The molecule has 0 fully saturated rings. The molecule has 0 spiro atoms. The second-order valence-electron chi connectivity index (χ2n) is 11.6. The van der Waals surface area contributed by atoms with E-state index >= 15 is 0 Å². The van der Waals surface area contributed by atoms with Gasteiger partial charge in [0, 0.05) is 34.1 Å². The summed E-state index contributed by atoms with van der Waals surface area (Å²) in [7, 11) is -4.38. The fraction of sp³-hybridized carbons (Fsp3) is 0.235. The summed E-state index contributed by atoms with van der Waals surface area (Å²) in [6.07, 6.45) is 0.102. The van der Waals surface area contributed by atoms with Crippen LogP contribution in [0.2, 0.25) is 15.1 Å². The molecule has 0 heterocycles. The zero-order valence-corrected chi connectivity index (χ0v) is 28.5. The van der Waals surface area contributed by atoms with Crippen LogP contribution in [0.25, 0.3) is 0 Å². The number of carbonyl (C=O) groups excluding carboxylic acids is 2. The summed E-state index contributed by atoms with van der Waals surface area (Å²) in [6.45, 7) is 4.47. The smallest absolute Gasteiger partial charge is 0.264 e. The first kappa shape index (κ1) is 35.2. The number of hydrogen-bond donors (Lipinski definition) is 1. The summed E-state index contributed by atoms with van der Waals surface area (Å²) >= 11 is 19.1. The van der Waals surface area contributed by atoms with Crippen LogP contribution in [0, 0.1) is 5.82 Å². The molecule has 0 aromatic heterocycles. The summed E-state index contributed by atoms with van der Waals surface area (Å²) in [5.74, 6) is -1.96. The number of halogens is 4. The van der Waals surface area contributed by atoms with Crippen LogP contribution in [0.1, 0.15) is 31.9 Å². The van der Waals surface area contributed by atoms with Gasteiger partial charge in [0.25, 0.3) is 10.0 Å². The molecule has 1 N–H and O–H groups in total. The topological polar surface area (TPSA) is 86.8 Å². The summed E-state index contributed by atoms with van der Waals surface area (Å²) in [5.41, 5.74) is 0.441.